The molecule has 3 heterocycles. The second kappa shape index (κ2) is 8.00. The van der Waals surface area contributed by atoms with Crippen molar-refractivity contribution in [1.29, 1.82) is 0 Å². The number of ether oxygens (including phenoxy) is 1. The van der Waals surface area contributed by atoms with Crippen LogP contribution in [-0.4, -0.2) is 55.4 Å². The van der Waals surface area contributed by atoms with Gasteiger partial charge in [0, 0.05) is 24.6 Å². The van der Waals surface area contributed by atoms with E-state index in [1.165, 1.54) is 12.1 Å². The molecule has 0 saturated carbocycles. The largest absolute Gasteiger partial charge is 0.573 e. The van der Waals surface area contributed by atoms with E-state index in [9.17, 15) is 18.0 Å². The summed E-state index contributed by atoms with van der Waals surface area (Å²) in [5.41, 5.74) is 0.728. The average molecular weight is 436 g/mol. The van der Waals surface area contributed by atoms with Crippen molar-refractivity contribution in [3.63, 3.8) is 0 Å². The van der Waals surface area contributed by atoms with Crippen LogP contribution in [0.25, 0.3) is 11.6 Å². The third kappa shape index (κ3) is 4.67. The minimum absolute atomic E-state index is 0.0921. The van der Waals surface area contributed by atoms with E-state index in [1.54, 1.807) is 15.8 Å². The Morgan fingerprint density at radius 1 is 1.26 bits per heavy atom. The fourth-order valence-corrected chi connectivity index (χ4v) is 3.25. The van der Waals surface area contributed by atoms with Crippen LogP contribution in [0.15, 0.2) is 35.0 Å². The summed E-state index contributed by atoms with van der Waals surface area (Å²) in [7, 11) is 0. The van der Waals surface area contributed by atoms with Crippen LogP contribution in [0.5, 0.6) is 5.75 Å². The van der Waals surface area contributed by atoms with Crippen molar-refractivity contribution >= 4 is 5.91 Å². The standard InChI is InChI=1S/C19H19F3N6O3/c1-11(2)16-23-17(31-25-16)15-10-28(26-24-15)13-7-8-27(9-13)18(29)12-3-5-14(6-4-12)30-19(20,21)22/h3-6,10-11,13H,7-9H2,1-2H3/t13-/m0/s1. The lowest BCUT2D eigenvalue weighted by Crippen LogP contribution is -2.29. The first-order valence-electron chi connectivity index (χ1n) is 9.60. The Bertz CT molecular complexity index is 1060. The number of carbonyl (C=O) groups is 1. The number of alkyl halides is 3. The Hall–Kier alpha value is -3.44. The molecule has 2 aromatic heterocycles. The van der Waals surface area contributed by atoms with Crippen LogP contribution in [0, 0.1) is 0 Å². The highest BCUT2D eigenvalue weighted by molar-refractivity contribution is 5.94. The van der Waals surface area contributed by atoms with Gasteiger partial charge in [-0.15, -0.1) is 18.3 Å². The topological polar surface area (TPSA) is 99.2 Å². The van der Waals surface area contributed by atoms with Crippen LogP contribution in [0.1, 0.15) is 48.4 Å². The van der Waals surface area contributed by atoms with E-state index in [1.807, 2.05) is 13.8 Å². The number of halogens is 3. The Morgan fingerprint density at radius 2 is 2.00 bits per heavy atom. The molecule has 1 aromatic carbocycles. The number of likely N-dealkylation sites (tertiary alicyclic amines) is 1. The molecule has 1 aliphatic rings. The van der Waals surface area contributed by atoms with E-state index < -0.39 is 6.36 Å². The summed E-state index contributed by atoms with van der Waals surface area (Å²) in [6.45, 7) is 4.78. The molecule has 12 heteroatoms. The van der Waals surface area contributed by atoms with Crippen molar-refractivity contribution in [3.05, 3.63) is 41.9 Å². The first kappa shape index (κ1) is 20.8. The van der Waals surface area contributed by atoms with Gasteiger partial charge >= 0.3 is 6.36 Å². The molecule has 0 bridgehead atoms. The Balaban J connectivity index is 1.40. The first-order chi connectivity index (χ1) is 14.7. The van der Waals surface area contributed by atoms with Gasteiger partial charge in [-0.3, -0.25) is 4.79 Å². The summed E-state index contributed by atoms with van der Waals surface area (Å²) < 4.78 is 47.5. The molecule has 1 amide bonds. The molecule has 164 valence electrons. The van der Waals surface area contributed by atoms with Crippen molar-refractivity contribution in [2.24, 2.45) is 0 Å². The third-order valence-electron chi connectivity index (χ3n) is 4.85. The van der Waals surface area contributed by atoms with Gasteiger partial charge in [0.05, 0.1) is 12.2 Å². The van der Waals surface area contributed by atoms with Gasteiger partial charge in [-0.2, -0.15) is 4.98 Å². The molecule has 1 atom stereocenters. The lowest BCUT2D eigenvalue weighted by atomic mass is 10.2. The number of hydrogen-bond donors (Lipinski definition) is 0. The Kier molecular flexibility index (Phi) is 5.38. The molecule has 1 aliphatic heterocycles. The van der Waals surface area contributed by atoms with Crippen molar-refractivity contribution in [3.8, 4) is 17.3 Å². The van der Waals surface area contributed by atoms with E-state index >= 15 is 0 Å². The summed E-state index contributed by atoms with van der Waals surface area (Å²) in [6.07, 6.45) is -2.42. The summed E-state index contributed by atoms with van der Waals surface area (Å²) in [6, 6.07) is 4.77. The maximum Gasteiger partial charge on any atom is 0.573 e. The Morgan fingerprint density at radius 3 is 2.65 bits per heavy atom. The van der Waals surface area contributed by atoms with Gasteiger partial charge in [0.25, 0.3) is 11.8 Å². The highest BCUT2D eigenvalue weighted by Gasteiger charge is 2.32. The minimum atomic E-state index is -4.78. The molecule has 4 rings (SSSR count). The van der Waals surface area contributed by atoms with Crippen LogP contribution in [0.4, 0.5) is 13.2 Å². The molecule has 0 spiro atoms. The van der Waals surface area contributed by atoms with Gasteiger partial charge in [0.2, 0.25) is 0 Å². The first-order valence-corrected chi connectivity index (χ1v) is 9.60. The normalized spacial score (nSPS) is 16.8. The number of amides is 1. The van der Waals surface area contributed by atoms with E-state index in [0.717, 1.165) is 12.1 Å². The molecule has 3 aromatic rings. The molecule has 0 N–H and O–H groups in total. The lowest BCUT2D eigenvalue weighted by Gasteiger charge is -2.17. The second-order valence-corrected chi connectivity index (χ2v) is 7.46. The number of carbonyl (C=O) groups excluding carboxylic acids is 1. The third-order valence-corrected chi connectivity index (χ3v) is 4.85. The fraction of sp³-hybridized carbons (Fsp3) is 0.421. The molecule has 9 nitrogen and oxygen atoms in total. The van der Waals surface area contributed by atoms with Gasteiger partial charge in [-0.1, -0.05) is 24.2 Å². The molecular formula is C19H19F3N6O3. The van der Waals surface area contributed by atoms with Crippen molar-refractivity contribution < 1.29 is 27.2 Å². The number of benzene rings is 1. The zero-order chi connectivity index (χ0) is 22.2. The van der Waals surface area contributed by atoms with E-state index in [0.29, 0.717) is 31.0 Å². The van der Waals surface area contributed by atoms with Crippen LogP contribution >= 0.6 is 0 Å². The quantitative estimate of drug-likeness (QED) is 0.604. The molecule has 0 radical (unpaired) electrons. The number of hydrogen-bond acceptors (Lipinski definition) is 7. The maximum atomic E-state index is 12.7. The molecule has 0 unspecified atom stereocenters. The van der Waals surface area contributed by atoms with Gasteiger partial charge in [-0.05, 0) is 30.7 Å². The molecule has 1 fully saturated rings. The summed E-state index contributed by atoms with van der Waals surface area (Å²) >= 11 is 0. The zero-order valence-electron chi connectivity index (χ0n) is 16.7. The van der Waals surface area contributed by atoms with Gasteiger partial charge in [0.15, 0.2) is 11.5 Å². The SMILES string of the molecule is CC(C)c1noc(-c2cn([C@H]3CCN(C(=O)c4ccc(OC(F)(F)F)cc4)C3)nn2)n1. The smallest absolute Gasteiger partial charge is 0.406 e. The number of nitrogens with zero attached hydrogens (tertiary/aromatic N) is 6. The van der Waals surface area contributed by atoms with Crippen molar-refractivity contribution in [2.75, 3.05) is 13.1 Å². The molecule has 31 heavy (non-hydrogen) atoms. The monoisotopic (exact) mass is 436 g/mol. The van der Waals surface area contributed by atoms with Crippen molar-refractivity contribution in [2.45, 2.75) is 38.6 Å². The fourth-order valence-electron chi connectivity index (χ4n) is 3.25. The molecule has 0 aliphatic carbocycles. The highest BCUT2D eigenvalue weighted by Crippen LogP contribution is 2.26. The summed E-state index contributed by atoms with van der Waals surface area (Å²) in [5, 5.41) is 12.1. The lowest BCUT2D eigenvalue weighted by molar-refractivity contribution is -0.274. The van der Waals surface area contributed by atoms with Gasteiger partial charge in [0.1, 0.15) is 5.75 Å². The van der Waals surface area contributed by atoms with E-state index in [2.05, 4.69) is 25.2 Å². The predicted molar refractivity (Wildman–Crippen MR) is 100 cm³/mol. The number of aromatic nitrogens is 5. The number of rotatable bonds is 5. The predicted octanol–water partition coefficient (Wildman–Crippen LogP) is 3.44. The average Bonchev–Trinajstić information content (AvgIpc) is 3.45. The van der Waals surface area contributed by atoms with Crippen LogP contribution in [-0.2, 0) is 0 Å². The second-order valence-electron chi connectivity index (χ2n) is 7.46. The molecular weight excluding hydrogens is 417 g/mol. The minimum Gasteiger partial charge on any atom is -0.406 e. The van der Waals surface area contributed by atoms with E-state index in [4.69, 9.17) is 4.52 Å². The van der Waals surface area contributed by atoms with E-state index in [-0.39, 0.29) is 35.1 Å². The highest BCUT2D eigenvalue weighted by atomic mass is 19.4. The van der Waals surface area contributed by atoms with Crippen LogP contribution < -0.4 is 4.74 Å². The van der Waals surface area contributed by atoms with Gasteiger partial charge in [-0.25, -0.2) is 4.68 Å². The van der Waals surface area contributed by atoms with Crippen LogP contribution in [0.3, 0.4) is 0 Å². The van der Waals surface area contributed by atoms with Crippen molar-refractivity contribution in [1.82, 2.24) is 30.0 Å². The summed E-state index contributed by atoms with van der Waals surface area (Å²) in [4.78, 5) is 18.6. The Labute approximate surface area is 174 Å². The summed E-state index contributed by atoms with van der Waals surface area (Å²) in [5.74, 6) is 0.326. The van der Waals surface area contributed by atoms with Gasteiger partial charge < -0.3 is 14.2 Å². The van der Waals surface area contributed by atoms with Crippen LogP contribution in [0.2, 0.25) is 0 Å². The maximum absolute atomic E-state index is 12.7. The molecule has 1 saturated heterocycles. The zero-order valence-corrected chi connectivity index (χ0v) is 16.7.